The van der Waals surface area contributed by atoms with Crippen LogP contribution in [0.2, 0.25) is 0 Å². The predicted molar refractivity (Wildman–Crippen MR) is 154 cm³/mol. The molecule has 9 heteroatoms. The third-order valence-electron chi connectivity index (χ3n) is 7.82. The number of methoxy groups -OCH3 is 1. The second kappa shape index (κ2) is 11.7. The summed E-state index contributed by atoms with van der Waals surface area (Å²) in [7, 11) is 3.36. The number of nitrogens with one attached hydrogen (secondary N) is 1. The maximum atomic E-state index is 14.0. The molecule has 2 aliphatic rings. The fraction of sp³-hybridized carbons (Fsp3) is 0.323. The van der Waals surface area contributed by atoms with Crippen LogP contribution in [0.1, 0.15) is 18.4 Å². The minimum absolute atomic E-state index is 0.00885. The molecule has 2 saturated heterocycles. The molecular formula is C31H35N5O4. The summed E-state index contributed by atoms with van der Waals surface area (Å²) in [6.07, 6.45) is 0.947. The van der Waals surface area contributed by atoms with Crippen LogP contribution >= 0.6 is 0 Å². The largest absolute Gasteiger partial charge is 0.497 e. The number of carbonyl (C=O) groups excluding carboxylic acids is 3. The van der Waals surface area contributed by atoms with Crippen LogP contribution in [0.15, 0.2) is 84.9 Å². The zero-order valence-corrected chi connectivity index (χ0v) is 23.0. The summed E-state index contributed by atoms with van der Waals surface area (Å²) in [5, 5.41) is 2.94. The standard InChI is InChI=1S/C31H35N5O4/c1-33(21-24-9-5-3-6-10-24)28(37)22-35-23-36(26-11-7-4-8-12-26)31(29(35)38)17-19-34(20-18-31)30(39)32-25-13-15-27(40-2)16-14-25/h3-16H,17-23H2,1-2H3,(H,32,39). The van der Waals surface area contributed by atoms with Crippen molar-refractivity contribution in [3.8, 4) is 5.75 Å². The topological polar surface area (TPSA) is 85.4 Å². The van der Waals surface area contributed by atoms with Gasteiger partial charge in [-0.05, 0) is 54.8 Å². The number of nitrogens with zero attached hydrogens (tertiary/aromatic N) is 4. The Labute approximate surface area is 234 Å². The Morgan fingerprint density at radius 2 is 1.55 bits per heavy atom. The van der Waals surface area contributed by atoms with E-state index in [0.29, 0.717) is 50.6 Å². The molecule has 0 aliphatic carbocycles. The van der Waals surface area contributed by atoms with E-state index >= 15 is 0 Å². The molecule has 0 saturated carbocycles. The molecule has 5 rings (SSSR count). The SMILES string of the molecule is COc1ccc(NC(=O)N2CCC3(CC2)C(=O)N(CC(=O)N(C)Cc2ccccc2)CN3c2ccccc2)cc1. The molecule has 3 aromatic rings. The fourth-order valence-electron chi connectivity index (χ4n) is 5.51. The average Bonchev–Trinajstić information content (AvgIpc) is 3.25. The number of hydrogen-bond donors (Lipinski definition) is 1. The Morgan fingerprint density at radius 3 is 2.17 bits per heavy atom. The first-order valence-corrected chi connectivity index (χ1v) is 13.5. The van der Waals surface area contributed by atoms with Gasteiger partial charge in [0.25, 0.3) is 5.91 Å². The summed E-state index contributed by atoms with van der Waals surface area (Å²) in [6.45, 7) is 1.66. The first-order valence-electron chi connectivity index (χ1n) is 13.5. The monoisotopic (exact) mass is 541 g/mol. The minimum atomic E-state index is -0.809. The Balaban J connectivity index is 1.28. The van der Waals surface area contributed by atoms with E-state index in [1.165, 1.54) is 0 Å². The van der Waals surface area contributed by atoms with Crippen molar-refractivity contribution >= 4 is 29.2 Å². The summed E-state index contributed by atoms with van der Waals surface area (Å²) in [5.41, 5.74) is 1.84. The van der Waals surface area contributed by atoms with Gasteiger partial charge in [-0.2, -0.15) is 0 Å². The summed E-state index contributed by atoms with van der Waals surface area (Å²) in [4.78, 5) is 47.3. The van der Waals surface area contributed by atoms with Gasteiger partial charge in [-0.15, -0.1) is 0 Å². The second-order valence-electron chi connectivity index (χ2n) is 10.3. The maximum absolute atomic E-state index is 14.0. The lowest BCUT2D eigenvalue weighted by Gasteiger charge is -2.43. The Bertz CT molecular complexity index is 1320. The lowest BCUT2D eigenvalue weighted by Crippen LogP contribution is -2.58. The summed E-state index contributed by atoms with van der Waals surface area (Å²) in [6, 6.07) is 26.6. The van der Waals surface area contributed by atoms with Crippen LogP contribution in [0, 0.1) is 0 Å². The predicted octanol–water partition coefficient (Wildman–Crippen LogP) is 4.03. The molecular weight excluding hydrogens is 506 g/mol. The van der Waals surface area contributed by atoms with E-state index in [9.17, 15) is 14.4 Å². The number of rotatable bonds is 7. The third-order valence-corrected chi connectivity index (χ3v) is 7.82. The molecule has 4 amide bonds. The molecule has 40 heavy (non-hydrogen) atoms. The number of hydrogen-bond acceptors (Lipinski definition) is 5. The van der Waals surface area contributed by atoms with Crippen molar-refractivity contribution in [3.05, 3.63) is 90.5 Å². The van der Waals surface area contributed by atoms with Crippen LogP contribution in [0.3, 0.4) is 0 Å². The highest BCUT2D eigenvalue weighted by Gasteiger charge is 2.54. The lowest BCUT2D eigenvalue weighted by atomic mass is 9.85. The number of para-hydroxylation sites is 1. The van der Waals surface area contributed by atoms with Crippen LogP contribution in [-0.4, -0.2) is 78.5 Å². The van der Waals surface area contributed by atoms with Crippen LogP contribution in [0.25, 0.3) is 0 Å². The van der Waals surface area contributed by atoms with Gasteiger partial charge < -0.3 is 29.7 Å². The summed E-state index contributed by atoms with van der Waals surface area (Å²) < 4.78 is 5.19. The van der Waals surface area contributed by atoms with Crippen LogP contribution in [0.4, 0.5) is 16.2 Å². The quantitative estimate of drug-likeness (QED) is 0.488. The van der Waals surface area contributed by atoms with Gasteiger partial charge >= 0.3 is 6.03 Å². The molecule has 0 unspecified atom stereocenters. The second-order valence-corrected chi connectivity index (χ2v) is 10.3. The molecule has 0 aromatic heterocycles. The van der Waals surface area contributed by atoms with Gasteiger partial charge in [0.1, 0.15) is 17.8 Å². The highest BCUT2D eigenvalue weighted by molar-refractivity contribution is 5.97. The minimum Gasteiger partial charge on any atom is -0.497 e. The van der Waals surface area contributed by atoms with Crippen molar-refractivity contribution in [2.24, 2.45) is 0 Å². The van der Waals surface area contributed by atoms with Gasteiger partial charge in [0.15, 0.2) is 0 Å². The number of carbonyl (C=O) groups is 3. The van der Waals surface area contributed by atoms with Crippen LogP contribution in [0.5, 0.6) is 5.75 Å². The highest BCUT2D eigenvalue weighted by atomic mass is 16.5. The van der Waals surface area contributed by atoms with E-state index in [2.05, 4.69) is 10.2 Å². The molecule has 2 aliphatic heterocycles. The van der Waals surface area contributed by atoms with Crippen molar-refractivity contribution in [3.63, 3.8) is 0 Å². The van der Waals surface area contributed by atoms with Gasteiger partial charge in [0.2, 0.25) is 5.91 Å². The van der Waals surface area contributed by atoms with Crippen molar-refractivity contribution < 1.29 is 19.1 Å². The first kappa shape index (κ1) is 27.1. The number of benzene rings is 3. The molecule has 3 aromatic carbocycles. The number of likely N-dealkylation sites (N-methyl/N-ethyl adjacent to an activating group) is 1. The van der Waals surface area contributed by atoms with E-state index in [4.69, 9.17) is 4.74 Å². The van der Waals surface area contributed by atoms with E-state index in [1.807, 2.05) is 60.7 Å². The number of ether oxygens (including phenoxy) is 1. The van der Waals surface area contributed by atoms with Crippen molar-refractivity contribution in [2.75, 3.05) is 50.7 Å². The number of likely N-dealkylation sites (tertiary alicyclic amines) is 1. The third kappa shape index (κ3) is 5.59. The summed E-state index contributed by atoms with van der Waals surface area (Å²) >= 11 is 0. The number of amides is 4. The molecule has 2 heterocycles. The Kier molecular flexibility index (Phi) is 7.91. The van der Waals surface area contributed by atoms with E-state index in [0.717, 1.165) is 11.3 Å². The van der Waals surface area contributed by atoms with Crippen molar-refractivity contribution in [1.82, 2.24) is 14.7 Å². The van der Waals surface area contributed by atoms with Crippen molar-refractivity contribution in [1.29, 1.82) is 0 Å². The molecule has 0 atom stereocenters. The Hall–Kier alpha value is -4.53. The van der Waals surface area contributed by atoms with Crippen LogP contribution < -0.4 is 15.0 Å². The first-order chi connectivity index (χ1) is 19.4. The number of anilines is 2. The molecule has 0 bridgehead atoms. The zero-order chi connectivity index (χ0) is 28.1. The normalized spacial score (nSPS) is 16.2. The summed E-state index contributed by atoms with van der Waals surface area (Å²) in [5.74, 6) is 0.541. The molecule has 9 nitrogen and oxygen atoms in total. The van der Waals surface area contributed by atoms with E-state index in [1.54, 1.807) is 53.1 Å². The van der Waals surface area contributed by atoms with Crippen LogP contribution in [-0.2, 0) is 16.1 Å². The molecule has 1 N–H and O–H groups in total. The smallest absolute Gasteiger partial charge is 0.321 e. The molecule has 1 spiro atoms. The molecule has 0 radical (unpaired) electrons. The van der Waals surface area contributed by atoms with Crippen molar-refractivity contribution in [2.45, 2.75) is 24.9 Å². The zero-order valence-electron chi connectivity index (χ0n) is 23.0. The number of urea groups is 1. The lowest BCUT2D eigenvalue weighted by molar-refractivity contribution is -0.140. The van der Waals surface area contributed by atoms with E-state index in [-0.39, 0.29) is 24.4 Å². The van der Waals surface area contributed by atoms with Gasteiger partial charge in [-0.25, -0.2) is 4.79 Å². The van der Waals surface area contributed by atoms with Gasteiger partial charge in [0, 0.05) is 38.1 Å². The van der Waals surface area contributed by atoms with E-state index < -0.39 is 5.54 Å². The van der Waals surface area contributed by atoms with Gasteiger partial charge in [-0.3, -0.25) is 9.59 Å². The van der Waals surface area contributed by atoms with Gasteiger partial charge in [0.05, 0.1) is 13.8 Å². The molecule has 2 fully saturated rings. The highest BCUT2D eigenvalue weighted by Crippen LogP contribution is 2.39. The fourth-order valence-corrected chi connectivity index (χ4v) is 5.51. The molecule has 208 valence electrons. The average molecular weight is 542 g/mol. The maximum Gasteiger partial charge on any atom is 0.321 e. The number of piperidine rings is 1. The van der Waals surface area contributed by atoms with Gasteiger partial charge in [-0.1, -0.05) is 48.5 Å². The Morgan fingerprint density at radius 1 is 0.925 bits per heavy atom.